The quantitative estimate of drug-likeness (QED) is 0.266. The first-order valence-corrected chi connectivity index (χ1v) is 11.3. The summed E-state index contributed by atoms with van der Waals surface area (Å²) in [5, 5.41) is 3.15. The van der Waals surface area contributed by atoms with Gasteiger partial charge in [-0.1, -0.05) is 18.2 Å². The van der Waals surface area contributed by atoms with Crippen LogP contribution in [0.5, 0.6) is 0 Å². The van der Waals surface area contributed by atoms with E-state index < -0.39 is 23.9 Å². The van der Waals surface area contributed by atoms with Crippen molar-refractivity contribution in [3.8, 4) is 0 Å². The maximum absolute atomic E-state index is 12.9. The lowest BCUT2D eigenvalue weighted by atomic mass is 10.1. The van der Waals surface area contributed by atoms with Crippen molar-refractivity contribution in [1.29, 1.82) is 0 Å². The maximum Gasteiger partial charge on any atom is 0.357 e. The molecule has 0 radical (unpaired) electrons. The van der Waals surface area contributed by atoms with Crippen LogP contribution in [0.4, 0.5) is 0 Å². The third-order valence-corrected chi connectivity index (χ3v) is 4.72. The molecule has 0 saturated carbocycles. The average molecular weight is 498 g/mol. The van der Waals surface area contributed by atoms with Gasteiger partial charge in [0.1, 0.15) is 11.1 Å². The second kappa shape index (κ2) is 11.8. The molecular formula is C24H26N4O8. The lowest BCUT2D eigenvalue weighted by molar-refractivity contribution is -0.141. The van der Waals surface area contributed by atoms with Crippen molar-refractivity contribution >= 4 is 40.3 Å². The summed E-state index contributed by atoms with van der Waals surface area (Å²) in [4.78, 5) is 59.0. The largest absolute Gasteiger partial charge is 0.463 e. The van der Waals surface area contributed by atoms with E-state index in [9.17, 15) is 19.2 Å². The summed E-state index contributed by atoms with van der Waals surface area (Å²) in [5.74, 6) is -3.21. The highest BCUT2D eigenvalue weighted by molar-refractivity contribution is 6.12. The van der Waals surface area contributed by atoms with Gasteiger partial charge in [-0.2, -0.15) is 0 Å². The third kappa shape index (κ3) is 5.43. The Hall–Kier alpha value is -4.48. The zero-order chi connectivity index (χ0) is 26.2. The maximum atomic E-state index is 12.9. The van der Waals surface area contributed by atoms with Crippen molar-refractivity contribution in [3.63, 3.8) is 0 Å². The summed E-state index contributed by atoms with van der Waals surface area (Å²) in [7, 11) is 0. The van der Waals surface area contributed by atoms with Crippen LogP contribution in [0.1, 0.15) is 48.5 Å². The topological polar surface area (TPSA) is 151 Å². The number of carbonyl (C=O) groups excluding carboxylic acids is 4. The molecule has 0 aliphatic heterocycles. The van der Waals surface area contributed by atoms with E-state index in [1.54, 1.807) is 52.0 Å². The first kappa shape index (κ1) is 26.1. The second-order valence-electron chi connectivity index (χ2n) is 7.03. The summed E-state index contributed by atoms with van der Waals surface area (Å²) in [6.07, 6.45) is 0.893. The van der Waals surface area contributed by atoms with Crippen molar-refractivity contribution in [2.75, 3.05) is 26.4 Å². The Morgan fingerprint density at radius 3 is 2.22 bits per heavy atom. The van der Waals surface area contributed by atoms with Gasteiger partial charge in [-0.05, 0) is 33.8 Å². The first-order chi connectivity index (χ1) is 17.4. The molecule has 0 saturated heterocycles. The Balaban J connectivity index is 2.42. The Morgan fingerprint density at radius 2 is 1.56 bits per heavy atom. The number of H-pyrrole nitrogens is 1. The van der Waals surface area contributed by atoms with Gasteiger partial charge < -0.3 is 18.9 Å². The predicted octanol–water partition coefficient (Wildman–Crippen LogP) is 2.08. The molecule has 0 unspecified atom stereocenters. The zero-order valence-electron chi connectivity index (χ0n) is 20.3. The van der Waals surface area contributed by atoms with Gasteiger partial charge in [0.05, 0.1) is 38.0 Å². The highest BCUT2D eigenvalue weighted by atomic mass is 16.5. The van der Waals surface area contributed by atoms with Crippen LogP contribution >= 0.6 is 0 Å². The summed E-state index contributed by atoms with van der Waals surface area (Å²) in [6, 6.07) is 6.65. The number of esters is 4. The first-order valence-electron chi connectivity index (χ1n) is 11.3. The van der Waals surface area contributed by atoms with E-state index in [1.165, 1.54) is 4.52 Å². The Bertz CT molecular complexity index is 1420. The molecule has 0 aliphatic carbocycles. The smallest absolute Gasteiger partial charge is 0.357 e. The predicted molar refractivity (Wildman–Crippen MR) is 126 cm³/mol. The van der Waals surface area contributed by atoms with Gasteiger partial charge in [-0.3, -0.25) is 5.10 Å². The molecule has 1 N–H and O–H groups in total. The van der Waals surface area contributed by atoms with Crippen LogP contribution in [0, 0.1) is 0 Å². The molecular weight excluding hydrogens is 472 g/mol. The Labute approximate surface area is 205 Å². The molecule has 0 spiro atoms. The van der Waals surface area contributed by atoms with Gasteiger partial charge in [0.25, 0.3) is 5.62 Å². The van der Waals surface area contributed by atoms with Crippen molar-refractivity contribution in [3.05, 3.63) is 52.9 Å². The van der Waals surface area contributed by atoms with Crippen LogP contribution < -0.4 is 5.62 Å². The number of hydrogen-bond acceptors (Lipinski definition) is 10. The molecule has 190 valence electrons. The van der Waals surface area contributed by atoms with Crippen LogP contribution in [0.15, 0.2) is 41.0 Å². The molecule has 2 heterocycles. The van der Waals surface area contributed by atoms with E-state index in [0.29, 0.717) is 16.4 Å². The minimum Gasteiger partial charge on any atom is -0.463 e. The molecule has 3 aromatic rings. The molecule has 2 aromatic heterocycles. The number of aromatic amines is 1. The van der Waals surface area contributed by atoms with Gasteiger partial charge in [0.2, 0.25) is 0 Å². The van der Waals surface area contributed by atoms with Gasteiger partial charge in [-0.15, -0.1) is 0 Å². The average Bonchev–Trinajstić information content (AvgIpc) is 3.04. The number of imidazole rings is 1. The molecule has 12 heteroatoms. The number of hydrogen-bond donors (Lipinski definition) is 1. The van der Waals surface area contributed by atoms with Crippen LogP contribution in [0.3, 0.4) is 0 Å². The third-order valence-electron chi connectivity index (χ3n) is 4.72. The summed E-state index contributed by atoms with van der Waals surface area (Å²) < 4.78 is 21.6. The number of nitrogens with one attached hydrogen (secondary N) is 1. The number of rotatable bonds is 9. The lowest BCUT2D eigenvalue weighted by Crippen LogP contribution is -2.24. The van der Waals surface area contributed by atoms with Gasteiger partial charge >= 0.3 is 23.9 Å². The molecule has 3 rings (SSSR count). The molecule has 0 atom stereocenters. The van der Waals surface area contributed by atoms with E-state index in [1.807, 2.05) is 0 Å². The van der Waals surface area contributed by atoms with Crippen molar-refractivity contribution in [1.82, 2.24) is 14.6 Å². The summed E-state index contributed by atoms with van der Waals surface area (Å²) in [5.41, 5.74) is 0.0672. The molecule has 36 heavy (non-hydrogen) atoms. The molecule has 12 nitrogen and oxygen atoms in total. The standard InChI is InChI=1S/C24H26N4O8/c1-5-33-17(29)13-16(21(30)34-6-2)26-24-25-15-12-10-9-11-14-18(22(31)35-7-3)19(23(32)36-8-4)27-28(24)20(14)15/h9-13,27H,5-8H2,1-4H3/b16-13-,26-24?. The fraction of sp³-hybridized carbons (Fsp3) is 0.333. The van der Waals surface area contributed by atoms with E-state index in [0.717, 1.165) is 6.08 Å². The fourth-order valence-corrected chi connectivity index (χ4v) is 3.37. The SMILES string of the molecule is CCOC(=O)/C=C(\N=c1nc2ccccc3c(C(=O)OCC)c(C(=O)OCC)[nH]n1c23)C(=O)OCC. The van der Waals surface area contributed by atoms with Crippen LogP contribution in [-0.2, 0) is 28.5 Å². The number of nitrogens with zero attached hydrogens (tertiary/aromatic N) is 3. The monoisotopic (exact) mass is 498 g/mol. The lowest BCUT2D eigenvalue weighted by Gasteiger charge is -2.12. The molecule has 0 amide bonds. The van der Waals surface area contributed by atoms with E-state index >= 15 is 0 Å². The van der Waals surface area contributed by atoms with Crippen LogP contribution in [0.25, 0.3) is 16.4 Å². The molecule has 0 bridgehead atoms. The second-order valence-corrected chi connectivity index (χ2v) is 7.03. The highest BCUT2D eigenvalue weighted by Gasteiger charge is 2.26. The highest BCUT2D eigenvalue weighted by Crippen LogP contribution is 2.24. The number of carbonyl (C=O) groups is 4. The van der Waals surface area contributed by atoms with Crippen molar-refractivity contribution in [2.45, 2.75) is 27.7 Å². The van der Waals surface area contributed by atoms with E-state index in [4.69, 9.17) is 18.9 Å². The van der Waals surface area contributed by atoms with Gasteiger partial charge in [0.15, 0.2) is 11.4 Å². The summed E-state index contributed by atoms with van der Waals surface area (Å²) >= 11 is 0. The van der Waals surface area contributed by atoms with E-state index in [2.05, 4.69) is 15.1 Å². The zero-order valence-corrected chi connectivity index (χ0v) is 20.3. The van der Waals surface area contributed by atoms with Gasteiger partial charge in [-0.25, -0.2) is 33.7 Å². The van der Waals surface area contributed by atoms with E-state index in [-0.39, 0.29) is 49.0 Å². The van der Waals surface area contributed by atoms with Crippen molar-refractivity contribution < 1.29 is 38.1 Å². The Kier molecular flexibility index (Phi) is 8.55. The number of aromatic nitrogens is 3. The Morgan fingerprint density at radius 1 is 0.917 bits per heavy atom. The fourth-order valence-electron chi connectivity index (χ4n) is 3.37. The van der Waals surface area contributed by atoms with Gasteiger partial charge in [0, 0.05) is 5.39 Å². The molecule has 0 aliphatic rings. The van der Waals surface area contributed by atoms with Crippen LogP contribution in [0.2, 0.25) is 0 Å². The molecule has 1 aromatic carbocycles. The normalized spacial score (nSPS) is 12.0. The number of ether oxygens (including phenoxy) is 4. The molecule has 0 fully saturated rings. The summed E-state index contributed by atoms with van der Waals surface area (Å²) in [6.45, 7) is 6.78. The minimum atomic E-state index is -0.875. The van der Waals surface area contributed by atoms with Crippen molar-refractivity contribution in [2.24, 2.45) is 4.99 Å². The minimum absolute atomic E-state index is 0.0388. The van der Waals surface area contributed by atoms with Crippen LogP contribution in [-0.4, -0.2) is 64.9 Å².